The molecule has 0 spiro atoms. The van der Waals surface area contributed by atoms with Gasteiger partial charge in [-0.15, -0.1) is 0 Å². The number of hydrogen-bond donors (Lipinski definition) is 2. The van der Waals surface area contributed by atoms with E-state index in [0.29, 0.717) is 49.5 Å². The predicted octanol–water partition coefficient (Wildman–Crippen LogP) is 4.87. The lowest BCUT2D eigenvalue weighted by Crippen LogP contribution is -2.38. The number of hydrogen-bond acceptors (Lipinski definition) is 4. The van der Waals surface area contributed by atoms with Gasteiger partial charge >= 0.3 is 12.0 Å². The molecular formula is C28H34N2O5. The first-order chi connectivity index (χ1) is 17.0. The molecule has 2 amide bonds. The summed E-state index contributed by atoms with van der Waals surface area (Å²) in [6.45, 7) is 1.95. The molecule has 2 aliphatic rings. The van der Waals surface area contributed by atoms with Crippen molar-refractivity contribution < 1.29 is 24.2 Å². The van der Waals surface area contributed by atoms with E-state index in [1.54, 1.807) is 24.3 Å². The van der Waals surface area contributed by atoms with Crippen molar-refractivity contribution in [3.8, 4) is 5.75 Å². The summed E-state index contributed by atoms with van der Waals surface area (Å²) in [5.41, 5.74) is 1.90. The van der Waals surface area contributed by atoms with Gasteiger partial charge in [0.25, 0.3) is 0 Å². The van der Waals surface area contributed by atoms with E-state index in [1.807, 2.05) is 23.1 Å². The zero-order chi connectivity index (χ0) is 24.6. The van der Waals surface area contributed by atoms with Crippen LogP contribution in [0.5, 0.6) is 5.75 Å². The zero-order valence-electron chi connectivity index (χ0n) is 20.0. The number of carboxylic acids is 1. The summed E-state index contributed by atoms with van der Waals surface area (Å²) in [6, 6.07) is 17.4. The highest BCUT2D eigenvalue weighted by atomic mass is 16.5. The molecule has 1 aliphatic heterocycles. The lowest BCUT2D eigenvalue weighted by molar-refractivity contribution is -0.143. The monoisotopic (exact) mass is 478 g/mol. The Kier molecular flexibility index (Phi) is 8.40. The van der Waals surface area contributed by atoms with E-state index in [9.17, 15) is 14.4 Å². The van der Waals surface area contributed by atoms with Crippen molar-refractivity contribution in [1.29, 1.82) is 0 Å². The minimum Gasteiger partial charge on any atom is -0.490 e. The quantitative estimate of drug-likeness (QED) is 0.396. The molecule has 2 N–H and O–H groups in total. The maximum Gasteiger partial charge on any atom is 0.317 e. The van der Waals surface area contributed by atoms with Gasteiger partial charge in [0.05, 0.1) is 12.0 Å². The van der Waals surface area contributed by atoms with E-state index in [1.165, 1.54) is 5.56 Å². The Morgan fingerprint density at radius 3 is 2.34 bits per heavy atom. The van der Waals surface area contributed by atoms with Crippen molar-refractivity contribution in [2.75, 3.05) is 19.6 Å². The van der Waals surface area contributed by atoms with Gasteiger partial charge in [0.1, 0.15) is 5.75 Å². The first-order valence-electron chi connectivity index (χ1n) is 12.6. The second-order valence-corrected chi connectivity index (χ2v) is 9.56. The minimum atomic E-state index is -0.723. The average molecular weight is 479 g/mol. The van der Waals surface area contributed by atoms with Gasteiger partial charge < -0.3 is 20.1 Å². The van der Waals surface area contributed by atoms with E-state index in [-0.39, 0.29) is 23.8 Å². The number of carboxylic acid groups (broad SMARTS) is 1. The molecule has 1 saturated heterocycles. The number of Topliss-reactive ketones (excluding diaryl/α,β-unsaturated/α-hetero) is 1. The van der Waals surface area contributed by atoms with Crippen molar-refractivity contribution >= 4 is 17.8 Å². The lowest BCUT2D eigenvalue weighted by atomic mass is 9.87. The molecule has 7 heteroatoms. The van der Waals surface area contributed by atoms with E-state index in [0.717, 1.165) is 32.4 Å². The summed E-state index contributed by atoms with van der Waals surface area (Å²) >= 11 is 0. The number of carbonyl (C=O) groups excluding carboxylic acids is 2. The summed E-state index contributed by atoms with van der Waals surface area (Å²) in [6.07, 6.45) is 4.68. The van der Waals surface area contributed by atoms with E-state index < -0.39 is 5.97 Å². The lowest BCUT2D eigenvalue weighted by Gasteiger charge is -2.26. The van der Waals surface area contributed by atoms with Crippen LogP contribution in [0.25, 0.3) is 0 Å². The maximum absolute atomic E-state index is 12.5. The van der Waals surface area contributed by atoms with E-state index >= 15 is 0 Å². The third-order valence-electron chi connectivity index (χ3n) is 7.11. The molecule has 35 heavy (non-hydrogen) atoms. The highest BCUT2D eigenvalue weighted by Gasteiger charge is 2.28. The molecule has 0 bridgehead atoms. The Morgan fingerprint density at radius 2 is 1.66 bits per heavy atom. The molecule has 186 valence electrons. The van der Waals surface area contributed by atoms with Gasteiger partial charge in [0.15, 0.2) is 5.78 Å². The zero-order valence-corrected chi connectivity index (χ0v) is 20.0. The summed E-state index contributed by atoms with van der Waals surface area (Å²) in [5, 5.41) is 12.1. The highest BCUT2D eigenvalue weighted by Crippen LogP contribution is 2.28. The van der Waals surface area contributed by atoms with Crippen molar-refractivity contribution in [2.24, 2.45) is 5.92 Å². The summed E-state index contributed by atoms with van der Waals surface area (Å²) in [7, 11) is 0. The Labute approximate surface area is 206 Å². The largest absolute Gasteiger partial charge is 0.490 e. The number of nitrogens with one attached hydrogen (secondary N) is 1. The first kappa shape index (κ1) is 24.8. The third kappa shape index (κ3) is 6.84. The van der Waals surface area contributed by atoms with Crippen molar-refractivity contribution in [3.63, 3.8) is 0 Å². The van der Waals surface area contributed by atoms with Crippen molar-refractivity contribution in [1.82, 2.24) is 10.2 Å². The number of ketones is 1. The Bertz CT molecular complexity index is 1000. The van der Waals surface area contributed by atoms with Crippen LogP contribution in [0.3, 0.4) is 0 Å². The highest BCUT2D eigenvalue weighted by molar-refractivity contribution is 5.96. The third-order valence-corrected chi connectivity index (χ3v) is 7.11. The van der Waals surface area contributed by atoms with Gasteiger partial charge in [-0.25, -0.2) is 4.79 Å². The van der Waals surface area contributed by atoms with Crippen molar-refractivity contribution in [3.05, 3.63) is 65.7 Å². The van der Waals surface area contributed by atoms with Crippen LogP contribution in [0.1, 0.15) is 66.8 Å². The number of amides is 2. The van der Waals surface area contributed by atoms with Crippen LogP contribution in [0.2, 0.25) is 0 Å². The Morgan fingerprint density at radius 1 is 0.943 bits per heavy atom. The van der Waals surface area contributed by atoms with Gasteiger partial charge in [-0.2, -0.15) is 0 Å². The topological polar surface area (TPSA) is 95.9 Å². The molecule has 1 aliphatic carbocycles. The fourth-order valence-electron chi connectivity index (χ4n) is 4.98. The molecule has 1 saturated carbocycles. The van der Waals surface area contributed by atoms with Gasteiger partial charge in [-0.1, -0.05) is 30.3 Å². The van der Waals surface area contributed by atoms with Gasteiger partial charge in [-0.05, 0) is 68.4 Å². The number of nitrogens with zero attached hydrogens (tertiary/aromatic N) is 1. The number of carbonyl (C=O) groups is 3. The van der Waals surface area contributed by atoms with Gasteiger partial charge in [0.2, 0.25) is 0 Å². The molecule has 4 rings (SSSR count). The van der Waals surface area contributed by atoms with E-state index in [4.69, 9.17) is 9.84 Å². The number of urea groups is 1. The predicted molar refractivity (Wildman–Crippen MR) is 133 cm³/mol. The molecule has 0 radical (unpaired) electrons. The molecule has 1 atom stereocenters. The minimum absolute atomic E-state index is 0.0225. The molecular weight excluding hydrogens is 444 g/mol. The molecule has 0 aromatic heterocycles. The molecule has 1 heterocycles. The SMILES string of the molecule is O=C(CCCNC(=O)N1CC[C@H](c2ccccc2)C1)c1ccc(OC2CCC(C(=O)O)CC2)cc1. The fraction of sp³-hybridized carbons (Fsp3) is 0.464. The van der Waals surface area contributed by atoms with Crippen LogP contribution in [-0.2, 0) is 4.79 Å². The van der Waals surface area contributed by atoms with Gasteiger partial charge in [0, 0.05) is 37.5 Å². The molecule has 2 fully saturated rings. The van der Waals surface area contributed by atoms with Crippen LogP contribution < -0.4 is 10.1 Å². The smallest absolute Gasteiger partial charge is 0.317 e. The van der Waals surface area contributed by atoms with Gasteiger partial charge in [-0.3, -0.25) is 9.59 Å². The standard InChI is InChI=1S/C28H34N2O5/c31-26(21-8-12-24(13-9-21)35-25-14-10-22(11-15-25)27(32)33)7-4-17-29-28(34)30-18-16-23(19-30)20-5-2-1-3-6-20/h1-3,5-6,8-9,12-13,22-23,25H,4,7,10-11,14-19H2,(H,29,34)(H,32,33)/t22?,23-,25?/m0/s1. The summed E-state index contributed by atoms with van der Waals surface area (Å²) in [4.78, 5) is 37.9. The summed E-state index contributed by atoms with van der Waals surface area (Å²) in [5.74, 6) is 0.139. The first-order valence-corrected chi connectivity index (χ1v) is 12.6. The average Bonchev–Trinajstić information content (AvgIpc) is 3.38. The normalized spacial score (nSPS) is 21.9. The fourth-order valence-corrected chi connectivity index (χ4v) is 4.98. The van der Waals surface area contributed by atoms with Crippen LogP contribution in [-0.4, -0.2) is 53.5 Å². The Hall–Kier alpha value is -3.35. The number of ether oxygens (including phenoxy) is 1. The second-order valence-electron chi connectivity index (χ2n) is 9.56. The molecule has 0 unspecified atom stereocenters. The van der Waals surface area contributed by atoms with Crippen LogP contribution in [0.4, 0.5) is 4.79 Å². The van der Waals surface area contributed by atoms with Crippen LogP contribution in [0.15, 0.2) is 54.6 Å². The summed E-state index contributed by atoms with van der Waals surface area (Å²) < 4.78 is 5.97. The number of likely N-dealkylation sites (tertiary alicyclic amines) is 1. The number of aliphatic carboxylic acids is 1. The molecule has 2 aromatic carbocycles. The second kappa shape index (κ2) is 11.9. The number of benzene rings is 2. The maximum atomic E-state index is 12.5. The number of rotatable bonds is 9. The van der Waals surface area contributed by atoms with E-state index in [2.05, 4.69) is 17.4 Å². The van der Waals surface area contributed by atoms with Crippen LogP contribution >= 0.6 is 0 Å². The molecule has 2 aromatic rings. The van der Waals surface area contributed by atoms with Crippen LogP contribution in [0, 0.1) is 5.92 Å². The molecule has 7 nitrogen and oxygen atoms in total. The van der Waals surface area contributed by atoms with Crippen molar-refractivity contribution in [2.45, 2.75) is 57.0 Å². The Balaban J connectivity index is 1.14.